The number of benzene rings is 1. The van der Waals surface area contributed by atoms with Crippen LogP contribution in [0.25, 0.3) is 0 Å². The number of Topliss-reactive ketones (excluding diaryl/α,β-unsaturated/α-hetero) is 1. The fourth-order valence-electron chi connectivity index (χ4n) is 4.43. The zero-order valence-electron chi connectivity index (χ0n) is 14.5. The molecule has 3 nitrogen and oxygen atoms in total. The Bertz CT molecular complexity index is 763. The summed E-state index contributed by atoms with van der Waals surface area (Å²) in [5.74, 6) is -0.254. The fourth-order valence-corrected chi connectivity index (χ4v) is 4.43. The molecule has 2 fully saturated rings. The molecule has 2 saturated heterocycles. The van der Waals surface area contributed by atoms with E-state index < -0.39 is 0 Å². The molecule has 0 aliphatic carbocycles. The maximum Gasteiger partial charge on any atom is 0.184 e. The zero-order chi connectivity index (χ0) is 17.4. The minimum atomic E-state index is -0.353. The molecule has 2 unspecified atom stereocenters. The Kier molecular flexibility index (Phi) is 4.38. The lowest BCUT2D eigenvalue weighted by Gasteiger charge is -2.38. The number of aryl methyl sites for hydroxylation is 1. The molecule has 2 atom stereocenters. The van der Waals surface area contributed by atoms with Gasteiger partial charge in [0.15, 0.2) is 5.78 Å². The number of hydrogen-bond acceptors (Lipinski definition) is 3. The van der Waals surface area contributed by atoms with E-state index >= 15 is 0 Å². The van der Waals surface area contributed by atoms with Crippen LogP contribution in [0.2, 0.25) is 0 Å². The number of pyridine rings is 1. The number of rotatable bonds is 4. The number of piperidine rings is 1. The van der Waals surface area contributed by atoms with Crippen molar-refractivity contribution in [3.63, 3.8) is 0 Å². The highest BCUT2D eigenvalue weighted by Gasteiger charge is 2.43. The summed E-state index contributed by atoms with van der Waals surface area (Å²) in [6.45, 7) is 2.57. The van der Waals surface area contributed by atoms with Crippen molar-refractivity contribution in [3.05, 3.63) is 65.2 Å². The standard InChI is InChI=1S/C21H23FN2O/c1-14-19(22)9-10-20(23-14)21(25)16-11-17-7-8-18(12-16)24(17)13-15-5-3-2-4-6-15/h2-6,9-10,16-18H,7-8,11-13H2,1H3. The monoisotopic (exact) mass is 338 g/mol. The molecule has 0 radical (unpaired) electrons. The van der Waals surface area contributed by atoms with E-state index in [4.69, 9.17) is 0 Å². The Labute approximate surface area is 147 Å². The van der Waals surface area contributed by atoms with Gasteiger partial charge < -0.3 is 0 Å². The number of halogens is 1. The lowest BCUT2D eigenvalue weighted by Crippen LogP contribution is -2.44. The molecule has 4 heteroatoms. The fraction of sp³-hybridized carbons (Fsp3) is 0.429. The van der Waals surface area contributed by atoms with Gasteiger partial charge in [-0.05, 0) is 50.3 Å². The van der Waals surface area contributed by atoms with Crippen LogP contribution < -0.4 is 0 Å². The molecule has 0 N–H and O–H groups in total. The van der Waals surface area contributed by atoms with Crippen LogP contribution in [0, 0.1) is 18.7 Å². The first-order chi connectivity index (χ1) is 12.1. The van der Waals surface area contributed by atoms with Gasteiger partial charge in [-0.25, -0.2) is 9.37 Å². The number of nitrogens with zero attached hydrogens (tertiary/aromatic N) is 2. The van der Waals surface area contributed by atoms with Crippen molar-refractivity contribution < 1.29 is 9.18 Å². The van der Waals surface area contributed by atoms with E-state index in [0.717, 1.165) is 32.2 Å². The van der Waals surface area contributed by atoms with Crippen LogP contribution in [0.3, 0.4) is 0 Å². The summed E-state index contributed by atoms with van der Waals surface area (Å²) in [5.41, 5.74) is 2.05. The average molecular weight is 338 g/mol. The Morgan fingerprint density at radius 1 is 1.12 bits per heavy atom. The van der Waals surface area contributed by atoms with Gasteiger partial charge in [0.05, 0.1) is 5.69 Å². The van der Waals surface area contributed by atoms with Crippen LogP contribution >= 0.6 is 0 Å². The largest absolute Gasteiger partial charge is 0.293 e. The van der Waals surface area contributed by atoms with Crippen molar-refractivity contribution in [1.82, 2.24) is 9.88 Å². The van der Waals surface area contributed by atoms with Crippen molar-refractivity contribution in [3.8, 4) is 0 Å². The Morgan fingerprint density at radius 2 is 1.80 bits per heavy atom. The normalized spacial score (nSPS) is 25.9. The SMILES string of the molecule is Cc1nc(C(=O)C2CC3CCC(C2)N3Cc2ccccc2)ccc1F. The highest BCUT2D eigenvalue weighted by atomic mass is 19.1. The molecule has 4 rings (SSSR count). The molecule has 0 spiro atoms. The van der Waals surface area contributed by atoms with Gasteiger partial charge >= 0.3 is 0 Å². The van der Waals surface area contributed by atoms with E-state index in [0.29, 0.717) is 23.5 Å². The van der Waals surface area contributed by atoms with Crippen LogP contribution in [-0.2, 0) is 6.54 Å². The smallest absolute Gasteiger partial charge is 0.184 e. The molecule has 2 aliphatic rings. The predicted molar refractivity (Wildman–Crippen MR) is 94.8 cm³/mol. The molecule has 0 amide bonds. The second-order valence-electron chi connectivity index (χ2n) is 7.34. The summed E-state index contributed by atoms with van der Waals surface area (Å²) in [4.78, 5) is 19.6. The molecular weight excluding hydrogens is 315 g/mol. The third kappa shape index (κ3) is 3.23. The van der Waals surface area contributed by atoms with Crippen LogP contribution in [0.4, 0.5) is 4.39 Å². The van der Waals surface area contributed by atoms with Gasteiger partial charge in [-0.15, -0.1) is 0 Å². The number of aromatic nitrogens is 1. The quantitative estimate of drug-likeness (QED) is 0.785. The molecule has 2 aliphatic heterocycles. The van der Waals surface area contributed by atoms with Crippen LogP contribution in [0.1, 0.15) is 47.4 Å². The number of carbonyl (C=O) groups is 1. The van der Waals surface area contributed by atoms with E-state index in [1.54, 1.807) is 6.92 Å². The number of ketones is 1. The molecule has 25 heavy (non-hydrogen) atoms. The van der Waals surface area contributed by atoms with Gasteiger partial charge in [-0.1, -0.05) is 30.3 Å². The number of carbonyl (C=O) groups excluding carboxylic acids is 1. The maximum absolute atomic E-state index is 13.4. The van der Waals surface area contributed by atoms with E-state index in [1.807, 2.05) is 6.07 Å². The molecule has 2 bridgehead atoms. The number of hydrogen-bond donors (Lipinski definition) is 0. The van der Waals surface area contributed by atoms with Crippen LogP contribution in [0.15, 0.2) is 42.5 Å². The van der Waals surface area contributed by atoms with Gasteiger partial charge in [0.2, 0.25) is 0 Å². The number of fused-ring (bicyclic) bond motifs is 2. The first kappa shape index (κ1) is 16.4. The molecule has 0 saturated carbocycles. The highest BCUT2D eigenvalue weighted by Crippen LogP contribution is 2.40. The summed E-state index contributed by atoms with van der Waals surface area (Å²) in [5, 5.41) is 0. The summed E-state index contributed by atoms with van der Waals surface area (Å²) >= 11 is 0. The Balaban J connectivity index is 1.47. The van der Waals surface area contributed by atoms with Crippen molar-refractivity contribution in [2.24, 2.45) is 5.92 Å². The van der Waals surface area contributed by atoms with Crippen molar-refractivity contribution >= 4 is 5.78 Å². The van der Waals surface area contributed by atoms with Gasteiger partial charge in [-0.3, -0.25) is 9.69 Å². The molecule has 3 heterocycles. The van der Waals surface area contributed by atoms with Crippen LogP contribution in [-0.4, -0.2) is 27.8 Å². The minimum absolute atomic E-state index is 0.0156. The minimum Gasteiger partial charge on any atom is -0.293 e. The predicted octanol–water partition coefficient (Wildman–Crippen LogP) is 4.16. The summed E-state index contributed by atoms with van der Waals surface area (Å²) in [6.07, 6.45) is 4.11. The maximum atomic E-state index is 13.4. The first-order valence-electron chi connectivity index (χ1n) is 9.09. The van der Waals surface area contributed by atoms with E-state index in [1.165, 1.54) is 17.7 Å². The van der Waals surface area contributed by atoms with E-state index in [2.05, 4.69) is 34.1 Å². The average Bonchev–Trinajstić information content (AvgIpc) is 2.86. The molecule has 2 aromatic rings. The summed E-state index contributed by atoms with van der Waals surface area (Å²) < 4.78 is 13.4. The van der Waals surface area contributed by atoms with Crippen molar-refractivity contribution in [2.45, 2.75) is 51.2 Å². The Morgan fingerprint density at radius 3 is 2.44 bits per heavy atom. The molecule has 130 valence electrons. The van der Waals surface area contributed by atoms with Gasteiger partial charge in [0.25, 0.3) is 0 Å². The molecule has 1 aromatic carbocycles. The lowest BCUT2D eigenvalue weighted by molar-refractivity contribution is 0.0673. The van der Waals surface area contributed by atoms with E-state index in [9.17, 15) is 9.18 Å². The first-order valence-corrected chi connectivity index (χ1v) is 9.09. The van der Waals surface area contributed by atoms with Gasteiger partial charge in [0, 0.05) is 24.5 Å². The van der Waals surface area contributed by atoms with Crippen molar-refractivity contribution in [2.75, 3.05) is 0 Å². The van der Waals surface area contributed by atoms with Gasteiger partial charge in [0.1, 0.15) is 11.5 Å². The van der Waals surface area contributed by atoms with Gasteiger partial charge in [-0.2, -0.15) is 0 Å². The zero-order valence-corrected chi connectivity index (χ0v) is 14.5. The second-order valence-corrected chi connectivity index (χ2v) is 7.34. The lowest BCUT2D eigenvalue weighted by atomic mass is 9.85. The molecular formula is C21H23FN2O. The Hall–Kier alpha value is -2.07. The topological polar surface area (TPSA) is 33.2 Å². The van der Waals surface area contributed by atoms with E-state index in [-0.39, 0.29) is 17.5 Å². The second kappa shape index (κ2) is 6.68. The van der Waals surface area contributed by atoms with Crippen LogP contribution in [0.5, 0.6) is 0 Å². The molecule has 1 aromatic heterocycles. The summed E-state index contributed by atoms with van der Waals surface area (Å²) in [6, 6.07) is 14.4. The van der Waals surface area contributed by atoms with Crippen molar-refractivity contribution in [1.29, 1.82) is 0 Å². The summed E-state index contributed by atoms with van der Waals surface area (Å²) in [7, 11) is 0. The third-order valence-corrected chi connectivity index (χ3v) is 5.74. The highest BCUT2D eigenvalue weighted by molar-refractivity contribution is 5.96. The third-order valence-electron chi connectivity index (χ3n) is 5.74.